The molecule has 5 heteroatoms. The molecule has 3 aromatic rings. The number of hydrogen-bond acceptors (Lipinski definition) is 3. The van der Waals surface area contributed by atoms with Gasteiger partial charge in [0.05, 0.1) is 0 Å². The molecule has 0 saturated carbocycles. The van der Waals surface area contributed by atoms with Gasteiger partial charge < -0.3 is 15.0 Å². The fourth-order valence-electron chi connectivity index (χ4n) is 3.96. The van der Waals surface area contributed by atoms with Crippen LogP contribution >= 0.6 is 0 Å². The summed E-state index contributed by atoms with van der Waals surface area (Å²) in [4.78, 5) is 28.7. The van der Waals surface area contributed by atoms with Gasteiger partial charge in [-0.2, -0.15) is 0 Å². The highest BCUT2D eigenvalue weighted by molar-refractivity contribution is 5.88. The maximum Gasteiger partial charge on any atom is 0.261 e. The van der Waals surface area contributed by atoms with Crippen LogP contribution in [0.4, 0.5) is 0 Å². The van der Waals surface area contributed by atoms with Gasteiger partial charge in [0.2, 0.25) is 5.91 Å². The molecular weight excluding hydrogens is 436 g/mol. The molecule has 0 aliphatic rings. The third-order valence-corrected chi connectivity index (χ3v) is 6.15. The van der Waals surface area contributed by atoms with Gasteiger partial charge in [0.15, 0.2) is 6.61 Å². The number of ether oxygens (including phenoxy) is 1. The zero-order valence-electron chi connectivity index (χ0n) is 21.2. The first-order valence-electron chi connectivity index (χ1n) is 12.2. The molecule has 0 unspecified atom stereocenters. The average molecular weight is 473 g/mol. The molecule has 35 heavy (non-hydrogen) atoms. The molecule has 1 N–H and O–H groups in total. The van der Waals surface area contributed by atoms with Crippen LogP contribution < -0.4 is 10.1 Å². The van der Waals surface area contributed by atoms with Gasteiger partial charge in [0.1, 0.15) is 11.8 Å². The number of nitrogens with one attached hydrogen (secondary N) is 1. The third kappa shape index (κ3) is 7.71. The van der Waals surface area contributed by atoms with Gasteiger partial charge >= 0.3 is 0 Å². The highest BCUT2D eigenvalue weighted by atomic mass is 16.5. The first kappa shape index (κ1) is 26.0. The second kappa shape index (κ2) is 12.7. The molecule has 2 amide bonds. The average Bonchev–Trinajstić information content (AvgIpc) is 2.86. The van der Waals surface area contributed by atoms with E-state index in [0.717, 1.165) is 28.7 Å². The van der Waals surface area contributed by atoms with E-state index in [9.17, 15) is 9.59 Å². The minimum Gasteiger partial charge on any atom is -0.483 e. The number of hydrogen-bond donors (Lipinski definition) is 1. The molecule has 0 saturated heterocycles. The Hall–Kier alpha value is -3.60. The molecule has 184 valence electrons. The Morgan fingerprint density at radius 3 is 2.14 bits per heavy atom. The van der Waals surface area contributed by atoms with E-state index in [1.165, 1.54) is 0 Å². The molecule has 0 fully saturated rings. The Balaban J connectivity index is 1.90. The molecule has 3 rings (SSSR count). The van der Waals surface area contributed by atoms with Gasteiger partial charge in [0.25, 0.3) is 5.91 Å². The van der Waals surface area contributed by atoms with E-state index in [1.54, 1.807) is 4.90 Å². The highest BCUT2D eigenvalue weighted by Gasteiger charge is 2.31. The van der Waals surface area contributed by atoms with Crippen molar-refractivity contribution in [1.82, 2.24) is 10.2 Å². The summed E-state index contributed by atoms with van der Waals surface area (Å²) >= 11 is 0. The predicted molar refractivity (Wildman–Crippen MR) is 140 cm³/mol. The largest absolute Gasteiger partial charge is 0.483 e. The molecule has 0 spiro atoms. The van der Waals surface area contributed by atoms with Crippen LogP contribution in [0.2, 0.25) is 0 Å². The Labute approximate surface area is 209 Å². The fraction of sp³-hybridized carbons (Fsp3) is 0.333. The lowest BCUT2D eigenvalue weighted by Gasteiger charge is -2.32. The van der Waals surface area contributed by atoms with Gasteiger partial charge in [-0.25, -0.2) is 0 Å². The van der Waals surface area contributed by atoms with Crippen molar-refractivity contribution in [3.8, 4) is 5.75 Å². The standard InChI is InChI=1S/C30H36N2O3/c1-5-24(4)31-30(34)27(19-25-12-8-6-9-13-25)32(20-26-14-10-7-11-15-26)29(33)21-35-28-17-16-22(2)18-23(28)3/h6-18,24,27H,5,19-21H2,1-4H3,(H,31,34)/t24-,27-/m0/s1. The number of amides is 2. The maximum atomic E-state index is 13.6. The van der Waals surface area contributed by atoms with E-state index in [4.69, 9.17) is 4.74 Å². The zero-order chi connectivity index (χ0) is 25.2. The first-order valence-corrected chi connectivity index (χ1v) is 12.2. The summed E-state index contributed by atoms with van der Waals surface area (Å²) in [5.74, 6) is 0.292. The van der Waals surface area contributed by atoms with Gasteiger partial charge in [-0.1, -0.05) is 85.3 Å². The van der Waals surface area contributed by atoms with Crippen LogP contribution in [0.1, 0.15) is 42.5 Å². The molecule has 0 heterocycles. The second-order valence-corrected chi connectivity index (χ2v) is 9.09. The van der Waals surface area contributed by atoms with Gasteiger partial charge in [-0.15, -0.1) is 0 Å². The number of carbonyl (C=O) groups excluding carboxylic acids is 2. The van der Waals surface area contributed by atoms with E-state index in [-0.39, 0.29) is 24.5 Å². The predicted octanol–water partition coefficient (Wildman–Crippen LogP) is 5.24. The first-order chi connectivity index (χ1) is 16.9. The van der Waals surface area contributed by atoms with E-state index >= 15 is 0 Å². The van der Waals surface area contributed by atoms with Crippen molar-refractivity contribution in [1.29, 1.82) is 0 Å². The minimum atomic E-state index is -0.665. The smallest absolute Gasteiger partial charge is 0.261 e. The Morgan fingerprint density at radius 2 is 1.54 bits per heavy atom. The summed E-state index contributed by atoms with van der Waals surface area (Å²) in [5.41, 5.74) is 4.07. The molecule has 5 nitrogen and oxygen atoms in total. The minimum absolute atomic E-state index is 0.0147. The van der Waals surface area contributed by atoms with Crippen LogP contribution in [0.3, 0.4) is 0 Å². The lowest BCUT2D eigenvalue weighted by atomic mass is 10.0. The van der Waals surface area contributed by atoms with E-state index in [1.807, 2.05) is 107 Å². The van der Waals surface area contributed by atoms with Gasteiger partial charge in [-0.3, -0.25) is 9.59 Å². The van der Waals surface area contributed by atoms with Crippen molar-refractivity contribution < 1.29 is 14.3 Å². The zero-order valence-corrected chi connectivity index (χ0v) is 21.2. The van der Waals surface area contributed by atoms with Crippen LogP contribution in [-0.4, -0.2) is 35.4 Å². The number of nitrogens with zero attached hydrogens (tertiary/aromatic N) is 1. The van der Waals surface area contributed by atoms with Gasteiger partial charge in [0, 0.05) is 19.0 Å². The summed E-state index contributed by atoms with van der Waals surface area (Å²) in [7, 11) is 0. The molecule has 0 aliphatic carbocycles. The summed E-state index contributed by atoms with van der Waals surface area (Å²) in [5, 5.41) is 3.09. The van der Waals surface area contributed by atoms with E-state index in [0.29, 0.717) is 18.7 Å². The summed E-state index contributed by atoms with van der Waals surface area (Å²) < 4.78 is 5.93. The van der Waals surface area contributed by atoms with Crippen LogP contribution in [0.25, 0.3) is 0 Å². The Morgan fingerprint density at radius 1 is 0.914 bits per heavy atom. The molecular formula is C30H36N2O3. The van der Waals surface area contributed by atoms with Crippen molar-refractivity contribution in [2.24, 2.45) is 0 Å². The molecule has 0 bridgehead atoms. The van der Waals surface area contributed by atoms with E-state index in [2.05, 4.69) is 5.32 Å². The monoisotopic (exact) mass is 472 g/mol. The molecule has 0 radical (unpaired) electrons. The Kier molecular flexibility index (Phi) is 9.47. The fourth-order valence-corrected chi connectivity index (χ4v) is 3.96. The third-order valence-electron chi connectivity index (χ3n) is 6.15. The second-order valence-electron chi connectivity index (χ2n) is 9.09. The Bertz CT molecular complexity index is 1100. The van der Waals surface area contributed by atoms with Crippen LogP contribution in [0, 0.1) is 13.8 Å². The summed E-state index contributed by atoms with van der Waals surface area (Å²) in [6, 6.07) is 24.8. The van der Waals surface area contributed by atoms with Crippen molar-refractivity contribution in [2.45, 2.75) is 59.2 Å². The van der Waals surface area contributed by atoms with Crippen molar-refractivity contribution in [3.05, 3.63) is 101 Å². The molecule has 2 atom stereocenters. The van der Waals surface area contributed by atoms with Crippen molar-refractivity contribution in [3.63, 3.8) is 0 Å². The normalized spacial score (nSPS) is 12.5. The van der Waals surface area contributed by atoms with Crippen molar-refractivity contribution in [2.75, 3.05) is 6.61 Å². The van der Waals surface area contributed by atoms with Crippen LogP contribution in [-0.2, 0) is 22.6 Å². The molecule has 0 aromatic heterocycles. The quantitative estimate of drug-likeness (QED) is 0.415. The molecule has 3 aromatic carbocycles. The topological polar surface area (TPSA) is 58.6 Å². The maximum absolute atomic E-state index is 13.6. The van der Waals surface area contributed by atoms with Gasteiger partial charge in [-0.05, 0) is 49.9 Å². The van der Waals surface area contributed by atoms with Crippen LogP contribution in [0.5, 0.6) is 5.75 Å². The number of carbonyl (C=O) groups is 2. The number of benzene rings is 3. The lowest BCUT2D eigenvalue weighted by molar-refractivity contribution is -0.143. The number of rotatable bonds is 11. The SMILES string of the molecule is CC[C@H](C)NC(=O)[C@H](Cc1ccccc1)N(Cc1ccccc1)C(=O)COc1ccc(C)cc1C. The lowest BCUT2D eigenvalue weighted by Crippen LogP contribution is -2.53. The summed E-state index contributed by atoms with van der Waals surface area (Å²) in [6.07, 6.45) is 1.23. The van der Waals surface area contributed by atoms with Crippen molar-refractivity contribution >= 4 is 11.8 Å². The van der Waals surface area contributed by atoms with E-state index < -0.39 is 6.04 Å². The summed E-state index contributed by atoms with van der Waals surface area (Å²) in [6.45, 7) is 8.17. The van der Waals surface area contributed by atoms with Crippen LogP contribution in [0.15, 0.2) is 78.9 Å². The molecule has 0 aliphatic heterocycles. The number of aryl methyl sites for hydroxylation is 2. The highest BCUT2D eigenvalue weighted by Crippen LogP contribution is 2.20.